The standard InChI is InChI=1S/C10H10ClNO3/c1-2-3-10(13)8-6-7(11)4-5-9(8)12(14)15/h4-6H,2-3H2,1H3. The first-order valence-electron chi connectivity index (χ1n) is 4.53. The summed E-state index contributed by atoms with van der Waals surface area (Å²) in [5.74, 6) is -0.244. The van der Waals surface area contributed by atoms with Gasteiger partial charge in [-0.05, 0) is 18.6 Å². The van der Waals surface area contributed by atoms with Crippen LogP contribution in [0.25, 0.3) is 0 Å². The molecular formula is C10H10ClNO3. The van der Waals surface area contributed by atoms with E-state index in [9.17, 15) is 14.9 Å². The Morgan fingerprint density at radius 1 is 1.53 bits per heavy atom. The molecule has 0 amide bonds. The molecule has 1 aromatic carbocycles. The number of nitro benzene ring substituents is 1. The van der Waals surface area contributed by atoms with E-state index in [1.165, 1.54) is 18.2 Å². The fraction of sp³-hybridized carbons (Fsp3) is 0.300. The van der Waals surface area contributed by atoms with Crippen LogP contribution in [-0.4, -0.2) is 10.7 Å². The van der Waals surface area contributed by atoms with E-state index in [4.69, 9.17) is 11.6 Å². The van der Waals surface area contributed by atoms with Crippen LogP contribution in [0.2, 0.25) is 5.02 Å². The fourth-order valence-corrected chi connectivity index (χ4v) is 1.42. The Hall–Kier alpha value is -1.42. The summed E-state index contributed by atoms with van der Waals surface area (Å²) in [6.07, 6.45) is 0.948. The third-order valence-corrected chi connectivity index (χ3v) is 2.17. The van der Waals surface area contributed by atoms with Crippen molar-refractivity contribution in [1.29, 1.82) is 0 Å². The summed E-state index contributed by atoms with van der Waals surface area (Å²) in [4.78, 5) is 21.6. The van der Waals surface area contributed by atoms with Crippen LogP contribution in [0, 0.1) is 10.1 Å². The topological polar surface area (TPSA) is 60.2 Å². The lowest BCUT2D eigenvalue weighted by Crippen LogP contribution is -2.03. The second-order valence-electron chi connectivity index (χ2n) is 3.09. The largest absolute Gasteiger partial charge is 0.294 e. The summed E-state index contributed by atoms with van der Waals surface area (Å²) in [6.45, 7) is 1.84. The van der Waals surface area contributed by atoms with E-state index in [1.54, 1.807) is 0 Å². The van der Waals surface area contributed by atoms with Gasteiger partial charge in [-0.15, -0.1) is 0 Å². The number of ketones is 1. The SMILES string of the molecule is CCCC(=O)c1cc(Cl)ccc1[N+](=O)[O-]. The molecule has 80 valence electrons. The molecule has 0 saturated carbocycles. The van der Waals surface area contributed by atoms with Crippen molar-refractivity contribution in [2.24, 2.45) is 0 Å². The van der Waals surface area contributed by atoms with Crippen LogP contribution in [0.4, 0.5) is 5.69 Å². The first-order chi connectivity index (χ1) is 7.06. The number of carbonyl (C=O) groups excluding carboxylic acids is 1. The predicted molar refractivity (Wildman–Crippen MR) is 57.3 cm³/mol. The third-order valence-electron chi connectivity index (χ3n) is 1.93. The number of benzene rings is 1. The summed E-state index contributed by atoms with van der Waals surface area (Å²) in [7, 11) is 0. The van der Waals surface area contributed by atoms with Gasteiger partial charge in [0.05, 0.1) is 10.5 Å². The summed E-state index contributed by atoms with van der Waals surface area (Å²) in [5, 5.41) is 11.0. The maximum absolute atomic E-state index is 11.6. The summed E-state index contributed by atoms with van der Waals surface area (Å²) >= 11 is 5.69. The van der Waals surface area contributed by atoms with Crippen LogP contribution in [0.1, 0.15) is 30.1 Å². The molecule has 15 heavy (non-hydrogen) atoms. The molecule has 0 radical (unpaired) electrons. The van der Waals surface area contributed by atoms with Crippen molar-refractivity contribution in [2.45, 2.75) is 19.8 Å². The molecule has 0 atom stereocenters. The number of carbonyl (C=O) groups is 1. The molecule has 5 heteroatoms. The highest BCUT2D eigenvalue weighted by Crippen LogP contribution is 2.24. The average molecular weight is 228 g/mol. The second-order valence-corrected chi connectivity index (χ2v) is 3.53. The highest BCUT2D eigenvalue weighted by Gasteiger charge is 2.19. The molecule has 0 unspecified atom stereocenters. The number of hydrogen-bond donors (Lipinski definition) is 0. The minimum absolute atomic E-state index is 0.0920. The highest BCUT2D eigenvalue weighted by atomic mass is 35.5. The van der Waals surface area contributed by atoms with Gasteiger partial charge in [-0.3, -0.25) is 14.9 Å². The average Bonchev–Trinajstić information content (AvgIpc) is 2.17. The number of nitro groups is 1. The van der Waals surface area contributed by atoms with Gasteiger partial charge in [0.15, 0.2) is 5.78 Å². The summed E-state index contributed by atoms with van der Waals surface area (Å²) < 4.78 is 0. The molecule has 0 N–H and O–H groups in total. The van der Waals surface area contributed by atoms with Gasteiger partial charge < -0.3 is 0 Å². The highest BCUT2D eigenvalue weighted by molar-refractivity contribution is 6.31. The smallest absolute Gasteiger partial charge is 0.280 e. The molecule has 0 aliphatic heterocycles. The van der Waals surface area contributed by atoms with Crippen molar-refractivity contribution in [3.8, 4) is 0 Å². The van der Waals surface area contributed by atoms with Crippen LogP contribution < -0.4 is 0 Å². The fourth-order valence-electron chi connectivity index (χ4n) is 1.25. The van der Waals surface area contributed by atoms with Crippen LogP contribution in [0.3, 0.4) is 0 Å². The molecule has 0 aliphatic rings. The zero-order valence-corrected chi connectivity index (χ0v) is 8.95. The van der Waals surface area contributed by atoms with Crippen molar-refractivity contribution >= 4 is 23.1 Å². The first-order valence-corrected chi connectivity index (χ1v) is 4.91. The van der Waals surface area contributed by atoms with Crippen molar-refractivity contribution in [1.82, 2.24) is 0 Å². The van der Waals surface area contributed by atoms with Gasteiger partial charge in [-0.25, -0.2) is 0 Å². The number of hydrogen-bond acceptors (Lipinski definition) is 3. The Kier molecular flexibility index (Phi) is 3.80. The minimum Gasteiger partial charge on any atom is -0.294 e. The van der Waals surface area contributed by atoms with Crippen molar-refractivity contribution in [3.63, 3.8) is 0 Å². The van der Waals surface area contributed by atoms with Gasteiger partial charge >= 0.3 is 0 Å². The molecule has 0 fully saturated rings. The normalized spacial score (nSPS) is 10.0. The van der Waals surface area contributed by atoms with E-state index in [0.717, 1.165) is 0 Å². The van der Waals surface area contributed by atoms with Crippen LogP contribution >= 0.6 is 11.6 Å². The molecule has 4 nitrogen and oxygen atoms in total. The molecule has 0 spiro atoms. The first kappa shape index (κ1) is 11.7. The quantitative estimate of drug-likeness (QED) is 0.451. The molecule has 0 aliphatic carbocycles. The monoisotopic (exact) mass is 227 g/mol. The zero-order chi connectivity index (χ0) is 11.4. The van der Waals surface area contributed by atoms with E-state index in [1.807, 2.05) is 6.92 Å². The second kappa shape index (κ2) is 4.89. The Bertz CT molecular complexity index is 404. The number of rotatable bonds is 4. The zero-order valence-electron chi connectivity index (χ0n) is 8.20. The van der Waals surface area contributed by atoms with E-state index >= 15 is 0 Å². The van der Waals surface area contributed by atoms with Gasteiger partial charge in [-0.2, -0.15) is 0 Å². The molecule has 1 rings (SSSR count). The van der Waals surface area contributed by atoms with E-state index in [0.29, 0.717) is 17.9 Å². The van der Waals surface area contributed by atoms with Gasteiger partial charge in [0.2, 0.25) is 0 Å². The van der Waals surface area contributed by atoms with E-state index in [2.05, 4.69) is 0 Å². The maximum Gasteiger partial charge on any atom is 0.280 e. The van der Waals surface area contributed by atoms with Crippen LogP contribution in [-0.2, 0) is 0 Å². The predicted octanol–water partition coefficient (Wildman–Crippen LogP) is 3.23. The van der Waals surface area contributed by atoms with Crippen molar-refractivity contribution in [3.05, 3.63) is 38.9 Å². The molecule has 1 aromatic rings. The number of nitrogens with zero attached hydrogens (tertiary/aromatic N) is 1. The van der Waals surface area contributed by atoms with Gasteiger partial charge in [0.25, 0.3) is 5.69 Å². The Labute approximate surface area is 92.0 Å². The number of halogens is 1. The summed E-state index contributed by atoms with van der Waals surface area (Å²) in [6, 6.07) is 4.01. The van der Waals surface area contributed by atoms with Crippen molar-refractivity contribution < 1.29 is 9.72 Å². The Morgan fingerprint density at radius 2 is 2.20 bits per heavy atom. The lowest BCUT2D eigenvalue weighted by atomic mass is 10.1. The van der Waals surface area contributed by atoms with Crippen LogP contribution in [0.5, 0.6) is 0 Å². The maximum atomic E-state index is 11.6. The molecule has 0 saturated heterocycles. The summed E-state index contributed by atoms with van der Waals surface area (Å²) in [5.41, 5.74) is -0.0906. The van der Waals surface area contributed by atoms with Gasteiger partial charge in [0.1, 0.15) is 0 Å². The Balaban J connectivity index is 3.18. The van der Waals surface area contributed by atoms with Crippen LogP contribution in [0.15, 0.2) is 18.2 Å². The lowest BCUT2D eigenvalue weighted by Gasteiger charge is -2.01. The molecular weight excluding hydrogens is 218 g/mol. The minimum atomic E-state index is -0.570. The molecule has 0 bridgehead atoms. The van der Waals surface area contributed by atoms with E-state index in [-0.39, 0.29) is 17.0 Å². The lowest BCUT2D eigenvalue weighted by molar-refractivity contribution is -0.385. The van der Waals surface area contributed by atoms with E-state index < -0.39 is 4.92 Å². The van der Waals surface area contributed by atoms with Gasteiger partial charge in [0, 0.05) is 17.5 Å². The molecule has 0 heterocycles. The number of Topliss-reactive ketones (excluding diaryl/α,β-unsaturated/α-hetero) is 1. The third kappa shape index (κ3) is 2.76. The molecule has 0 aromatic heterocycles. The Morgan fingerprint density at radius 3 is 2.73 bits per heavy atom. The van der Waals surface area contributed by atoms with Gasteiger partial charge in [-0.1, -0.05) is 18.5 Å². The van der Waals surface area contributed by atoms with Crippen molar-refractivity contribution in [2.75, 3.05) is 0 Å².